The van der Waals surface area contributed by atoms with E-state index in [2.05, 4.69) is 9.72 Å². The lowest BCUT2D eigenvalue weighted by Gasteiger charge is -2.18. The second-order valence-corrected chi connectivity index (χ2v) is 4.04. The summed E-state index contributed by atoms with van der Waals surface area (Å²) in [4.78, 5) is 39.5. The molecular formula is C11H9ClN2O4. The van der Waals surface area contributed by atoms with Gasteiger partial charge in [0.15, 0.2) is 10.9 Å². The molecule has 94 valence electrons. The van der Waals surface area contributed by atoms with Gasteiger partial charge in [0, 0.05) is 6.20 Å². The predicted octanol–water partition coefficient (Wildman–Crippen LogP) is 0.827. The molecule has 7 heteroatoms. The third kappa shape index (κ3) is 2.06. The minimum Gasteiger partial charge on any atom is -0.465 e. The van der Waals surface area contributed by atoms with E-state index in [1.807, 2.05) is 0 Å². The first-order valence-corrected chi connectivity index (χ1v) is 5.47. The molecule has 0 unspecified atom stereocenters. The Morgan fingerprint density at radius 3 is 2.78 bits per heavy atom. The number of rotatable bonds is 2. The standard InChI is InChI=1S/C11H9ClN2O4/c1-18-11(17)7-2-3-13-10(12)9(7)14-5-6(15)4-8(14)16/h2-3H,4-5H2,1H3. The molecule has 2 heterocycles. The number of carbonyl (C=O) groups excluding carboxylic acids is 3. The Labute approximate surface area is 107 Å². The van der Waals surface area contributed by atoms with E-state index in [-0.39, 0.29) is 35.2 Å². The van der Waals surface area contributed by atoms with Gasteiger partial charge in [-0.2, -0.15) is 0 Å². The highest BCUT2D eigenvalue weighted by Gasteiger charge is 2.33. The van der Waals surface area contributed by atoms with Crippen molar-refractivity contribution in [3.05, 3.63) is 23.0 Å². The van der Waals surface area contributed by atoms with Crippen LogP contribution in [-0.4, -0.2) is 36.3 Å². The first-order valence-electron chi connectivity index (χ1n) is 5.09. The van der Waals surface area contributed by atoms with Gasteiger partial charge in [0.2, 0.25) is 5.91 Å². The van der Waals surface area contributed by atoms with E-state index in [1.54, 1.807) is 0 Å². The lowest BCUT2D eigenvalue weighted by Crippen LogP contribution is -2.27. The summed E-state index contributed by atoms with van der Waals surface area (Å²) in [5.41, 5.74) is 0.238. The fourth-order valence-electron chi connectivity index (χ4n) is 1.75. The molecule has 6 nitrogen and oxygen atoms in total. The summed E-state index contributed by atoms with van der Waals surface area (Å²) < 4.78 is 4.61. The van der Waals surface area contributed by atoms with Gasteiger partial charge >= 0.3 is 5.97 Å². The van der Waals surface area contributed by atoms with Crippen LogP contribution in [0.3, 0.4) is 0 Å². The highest BCUT2D eigenvalue weighted by atomic mass is 35.5. The molecule has 2 rings (SSSR count). The van der Waals surface area contributed by atoms with Gasteiger partial charge in [-0.15, -0.1) is 0 Å². The molecule has 1 aliphatic rings. The monoisotopic (exact) mass is 268 g/mol. The summed E-state index contributed by atoms with van der Waals surface area (Å²) in [6.07, 6.45) is 1.15. The third-order valence-corrected chi connectivity index (χ3v) is 2.82. The van der Waals surface area contributed by atoms with Gasteiger partial charge in [-0.05, 0) is 6.07 Å². The Bertz CT molecular complexity index is 544. The van der Waals surface area contributed by atoms with Crippen molar-refractivity contribution in [2.24, 2.45) is 0 Å². The molecule has 1 aliphatic heterocycles. The maximum absolute atomic E-state index is 11.7. The fourth-order valence-corrected chi connectivity index (χ4v) is 2.01. The predicted molar refractivity (Wildman–Crippen MR) is 62.6 cm³/mol. The van der Waals surface area contributed by atoms with Crippen LogP contribution in [0.15, 0.2) is 12.3 Å². The molecular weight excluding hydrogens is 260 g/mol. The van der Waals surface area contributed by atoms with E-state index >= 15 is 0 Å². The zero-order chi connectivity index (χ0) is 13.3. The highest BCUT2D eigenvalue weighted by molar-refractivity contribution is 6.34. The summed E-state index contributed by atoms with van der Waals surface area (Å²) in [6, 6.07) is 1.39. The number of aromatic nitrogens is 1. The molecule has 1 fully saturated rings. The molecule has 1 aromatic rings. The number of amides is 1. The number of ether oxygens (including phenoxy) is 1. The quantitative estimate of drug-likeness (QED) is 0.451. The number of methoxy groups -OCH3 is 1. The minimum atomic E-state index is -0.638. The van der Waals surface area contributed by atoms with Crippen LogP contribution in [0.25, 0.3) is 0 Å². The maximum atomic E-state index is 11.7. The summed E-state index contributed by atoms with van der Waals surface area (Å²) >= 11 is 5.90. The van der Waals surface area contributed by atoms with Gasteiger partial charge in [-0.25, -0.2) is 9.78 Å². The SMILES string of the molecule is COC(=O)c1ccnc(Cl)c1N1CC(=O)CC1=O. The van der Waals surface area contributed by atoms with Crippen molar-refractivity contribution >= 4 is 34.9 Å². The van der Waals surface area contributed by atoms with Gasteiger partial charge in [0.25, 0.3) is 0 Å². The van der Waals surface area contributed by atoms with Crippen molar-refractivity contribution in [2.75, 3.05) is 18.6 Å². The number of pyridine rings is 1. The van der Waals surface area contributed by atoms with Gasteiger partial charge in [0.1, 0.15) is 0 Å². The Morgan fingerprint density at radius 2 is 2.22 bits per heavy atom. The maximum Gasteiger partial charge on any atom is 0.340 e. The molecule has 0 radical (unpaired) electrons. The fraction of sp³-hybridized carbons (Fsp3) is 0.273. The molecule has 0 aromatic carbocycles. The van der Waals surface area contributed by atoms with Crippen LogP contribution < -0.4 is 4.90 Å². The van der Waals surface area contributed by atoms with E-state index in [0.29, 0.717) is 0 Å². The summed E-state index contributed by atoms with van der Waals surface area (Å²) in [5, 5.41) is -0.0130. The molecule has 0 spiro atoms. The molecule has 1 amide bonds. The Hall–Kier alpha value is -1.95. The van der Waals surface area contributed by atoms with Crippen molar-refractivity contribution in [3.63, 3.8) is 0 Å². The van der Waals surface area contributed by atoms with Gasteiger partial charge in [-0.1, -0.05) is 11.6 Å². The van der Waals surface area contributed by atoms with E-state index in [4.69, 9.17) is 11.6 Å². The first-order chi connectivity index (χ1) is 8.54. The molecule has 18 heavy (non-hydrogen) atoms. The molecule has 0 aliphatic carbocycles. The average Bonchev–Trinajstić information content (AvgIpc) is 2.67. The molecule has 0 bridgehead atoms. The van der Waals surface area contributed by atoms with Crippen molar-refractivity contribution in [3.8, 4) is 0 Å². The second-order valence-electron chi connectivity index (χ2n) is 3.68. The van der Waals surface area contributed by atoms with Crippen molar-refractivity contribution in [2.45, 2.75) is 6.42 Å². The number of carbonyl (C=O) groups is 3. The molecule has 0 atom stereocenters. The Morgan fingerprint density at radius 1 is 1.50 bits per heavy atom. The Balaban J connectivity index is 2.52. The van der Waals surface area contributed by atoms with E-state index in [0.717, 1.165) is 4.90 Å². The molecule has 0 saturated carbocycles. The van der Waals surface area contributed by atoms with Gasteiger partial charge in [-0.3, -0.25) is 9.59 Å². The second kappa shape index (κ2) is 4.73. The normalized spacial score (nSPS) is 15.1. The number of anilines is 1. The van der Waals surface area contributed by atoms with Crippen LogP contribution in [0.4, 0.5) is 5.69 Å². The zero-order valence-electron chi connectivity index (χ0n) is 9.47. The highest BCUT2D eigenvalue weighted by Crippen LogP contribution is 2.31. The summed E-state index contributed by atoms with van der Waals surface area (Å²) in [5.74, 6) is -1.27. The molecule has 0 N–H and O–H groups in total. The van der Waals surface area contributed by atoms with Crippen LogP contribution in [0.5, 0.6) is 0 Å². The van der Waals surface area contributed by atoms with E-state index < -0.39 is 11.9 Å². The van der Waals surface area contributed by atoms with Crippen molar-refractivity contribution in [1.82, 2.24) is 4.98 Å². The number of hydrogen-bond acceptors (Lipinski definition) is 5. The zero-order valence-corrected chi connectivity index (χ0v) is 10.2. The lowest BCUT2D eigenvalue weighted by molar-refractivity contribution is -0.121. The summed E-state index contributed by atoms with van der Waals surface area (Å²) in [6.45, 7) is -0.103. The smallest absolute Gasteiger partial charge is 0.340 e. The molecule has 1 aromatic heterocycles. The van der Waals surface area contributed by atoms with E-state index in [9.17, 15) is 14.4 Å². The van der Waals surface area contributed by atoms with Crippen molar-refractivity contribution in [1.29, 1.82) is 0 Å². The third-order valence-electron chi connectivity index (χ3n) is 2.54. The average molecular weight is 269 g/mol. The number of nitrogens with zero attached hydrogens (tertiary/aromatic N) is 2. The number of hydrogen-bond donors (Lipinski definition) is 0. The van der Waals surface area contributed by atoms with Crippen LogP contribution in [0.1, 0.15) is 16.8 Å². The Kier molecular flexibility index (Phi) is 3.29. The largest absolute Gasteiger partial charge is 0.465 e. The molecule has 1 saturated heterocycles. The van der Waals surface area contributed by atoms with Crippen LogP contribution in [0, 0.1) is 0 Å². The minimum absolute atomic E-state index is 0.0130. The number of halogens is 1. The van der Waals surface area contributed by atoms with Crippen molar-refractivity contribution < 1.29 is 19.1 Å². The van der Waals surface area contributed by atoms with E-state index in [1.165, 1.54) is 19.4 Å². The summed E-state index contributed by atoms with van der Waals surface area (Å²) in [7, 11) is 1.22. The topological polar surface area (TPSA) is 76.6 Å². The van der Waals surface area contributed by atoms with Gasteiger partial charge < -0.3 is 9.64 Å². The number of Topliss-reactive ketones (excluding diaryl/α,β-unsaturated/α-hetero) is 1. The lowest BCUT2D eigenvalue weighted by atomic mass is 10.2. The van der Waals surface area contributed by atoms with Crippen LogP contribution in [0.2, 0.25) is 5.15 Å². The van der Waals surface area contributed by atoms with Crippen LogP contribution in [-0.2, 0) is 14.3 Å². The van der Waals surface area contributed by atoms with Crippen LogP contribution >= 0.6 is 11.6 Å². The van der Waals surface area contributed by atoms with Gasteiger partial charge in [0.05, 0.1) is 31.3 Å². The number of ketones is 1. The first kappa shape index (κ1) is 12.5. The number of esters is 1.